The summed E-state index contributed by atoms with van der Waals surface area (Å²) in [5.41, 5.74) is 1.42. The molecule has 1 aliphatic rings. The van der Waals surface area contributed by atoms with Crippen LogP contribution in [0.15, 0.2) is 24.3 Å². The van der Waals surface area contributed by atoms with Gasteiger partial charge >= 0.3 is 0 Å². The Balaban J connectivity index is 1.79. The van der Waals surface area contributed by atoms with E-state index >= 15 is 0 Å². The van der Waals surface area contributed by atoms with Gasteiger partial charge in [0.15, 0.2) is 0 Å². The topological polar surface area (TPSA) is 86.2 Å². The molecule has 0 unspecified atom stereocenters. The molecule has 0 saturated carbocycles. The third-order valence-corrected chi connectivity index (χ3v) is 4.98. The highest BCUT2D eigenvalue weighted by Gasteiger charge is 2.38. The van der Waals surface area contributed by atoms with Gasteiger partial charge in [-0.1, -0.05) is 18.2 Å². The number of para-hydroxylation sites is 1. The molecule has 1 fully saturated rings. The molecule has 6 nitrogen and oxygen atoms in total. The maximum absolute atomic E-state index is 12.8. The largest absolute Gasteiger partial charge is 0.383 e. The molecular weight excluding hydrogens is 318 g/mol. The smallest absolute Gasteiger partial charge is 0.295 e. The summed E-state index contributed by atoms with van der Waals surface area (Å²) < 4.78 is 5.14. The number of carbonyl (C=O) groups excluding carboxylic acids is 2. The van der Waals surface area contributed by atoms with Crippen molar-refractivity contribution in [2.24, 2.45) is 5.41 Å². The van der Waals surface area contributed by atoms with Crippen molar-refractivity contribution in [3.05, 3.63) is 35.5 Å². The van der Waals surface area contributed by atoms with Gasteiger partial charge in [-0.25, -0.2) is 0 Å². The number of hydrogen-bond donors (Lipinski definition) is 1. The zero-order valence-electron chi connectivity index (χ0n) is 14.5. The Bertz CT molecular complexity index is 854. The van der Waals surface area contributed by atoms with Crippen LogP contribution in [0.1, 0.15) is 28.9 Å². The second kappa shape index (κ2) is 6.69. The average Bonchev–Trinajstić information content (AvgIpc) is 2.97. The first-order valence-electron chi connectivity index (χ1n) is 8.32. The molecule has 0 atom stereocenters. The number of nitriles is 1. The molecule has 6 heteroatoms. The molecule has 0 spiro atoms. The predicted molar refractivity (Wildman–Crippen MR) is 93.1 cm³/mol. The van der Waals surface area contributed by atoms with Crippen LogP contribution in [0.3, 0.4) is 0 Å². The Hall–Kier alpha value is -2.65. The first kappa shape index (κ1) is 17.2. The summed E-state index contributed by atoms with van der Waals surface area (Å²) in [6.45, 7) is 2.93. The maximum Gasteiger partial charge on any atom is 0.295 e. The Morgan fingerprint density at radius 3 is 2.64 bits per heavy atom. The van der Waals surface area contributed by atoms with E-state index in [1.165, 1.54) is 0 Å². The molecule has 2 heterocycles. The van der Waals surface area contributed by atoms with Crippen LogP contribution in [0.5, 0.6) is 0 Å². The van der Waals surface area contributed by atoms with Gasteiger partial charge in [0.1, 0.15) is 0 Å². The third kappa shape index (κ3) is 3.03. The molecule has 2 aromatic rings. The van der Waals surface area contributed by atoms with Crippen molar-refractivity contribution in [1.29, 1.82) is 5.26 Å². The summed E-state index contributed by atoms with van der Waals surface area (Å²) >= 11 is 0. The number of nitrogens with one attached hydrogen (secondary N) is 1. The van der Waals surface area contributed by atoms with Crippen LogP contribution in [0.2, 0.25) is 0 Å². The number of fused-ring (bicyclic) bond motifs is 1. The number of amides is 1. The summed E-state index contributed by atoms with van der Waals surface area (Å²) in [7, 11) is 1.57. The van der Waals surface area contributed by atoms with E-state index in [0.29, 0.717) is 43.8 Å². The second-order valence-electron chi connectivity index (χ2n) is 6.62. The van der Waals surface area contributed by atoms with Gasteiger partial charge in [0.25, 0.3) is 11.7 Å². The van der Waals surface area contributed by atoms with Gasteiger partial charge in [-0.15, -0.1) is 0 Å². The monoisotopic (exact) mass is 339 g/mol. The first-order chi connectivity index (χ1) is 12.0. The number of ether oxygens (including phenoxy) is 1. The molecule has 1 saturated heterocycles. The van der Waals surface area contributed by atoms with E-state index in [1.54, 1.807) is 18.9 Å². The summed E-state index contributed by atoms with van der Waals surface area (Å²) in [5, 5.41) is 10.2. The molecule has 1 aromatic heterocycles. The zero-order chi connectivity index (χ0) is 18.0. The van der Waals surface area contributed by atoms with Crippen LogP contribution in [0.25, 0.3) is 10.9 Å². The van der Waals surface area contributed by atoms with Crippen molar-refractivity contribution in [2.45, 2.75) is 19.8 Å². The third-order valence-electron chi connectivity index (χ3n) is 4.98. The number of H-pyrrole nitrogens is 1. The quantitative estimate of drug-likeness (QED) is 0.685. The molecule has 1 amide bonds. The van der Waals surface area contributed by atoms with E-state index < -0.39 is 17.1 Å². The number of hydrogen-bond acceptors (Lipinski definition) is 4. The van der Waals surface area contributed by atoms with Crippen LogP contribution in [0.4, 0.5) is 0 Å². The second-order valence-corrected chi connectivity index (χ2v) is 6.62. The number of aromatic amines is 1. The fourth-order valence-electron chi connectivity index (χ4n) is 3.52. The Kier molecular flexibility index (Phi) is 4.60. The van der Waals surface area contributed by atoms with Crippen LogP contribution in [0, 0.1) is 23.7 Å². The standard InChI is InChI=1S/C19H21N3O3/c1-13-16(14-5-3-4-6-15(14)21-13)17(23)18(24)22-9-7-19(11-20,8-10-22)12-25-2/h3-6,21H,7-10,12H2,1-2H3. The van der Waals surface area contributed by atoms with Crippen LogP contribution >= 0.6 is 0 Å². The van der Waals surface area contributed by atoms with Gasteiger partial charge in [-0.3, -0.25) is 9.59 Å². The molecular formula is C19H21N3O3. The lowest BCUT2D eigenvalue weighted by molar-refractivity contribution is -0.128. The molecule has 0 radical (unpaired) electrons. The fourth-order valence-corrected chi connectivity index (χ4v) is 3.52. The number of methoxy groups -OCH3 is 1. The minimum Gasteiger partial charge on any atom is -0.383 e. The van der Waals surface area contributed by atoms with Gasteiger partial charge in [0.05, 0.1) is 23.7 Å². The molecule has 1 aromatic carbocycles. The van der Waals surface area contributed by atoms with Crippen molar-refractivity contribution in [3.8, 4) is 6.07 Å². The number of aromatic nitrogens is 1. The van der Waals surface area contributed by atoms with Gasteiger partial charge in [-0.05, 0) is 25.8 Å². The predicted octanol–water partition coefficient (Wildman–Crippen LogP) is 2.44. The number of rotatable bonds is 4. The molecule has 0 bridgehead atoms. The number of likely N-dealkylation sites (tertiary alicyclic amines) is 1. The van der Waals surface area contributed by atoms with Crippen molar-refractivity contribution >= 4 is 22.6 Å². The number of Topliss-reactive ketones (excluding diaryl/α,β-unsaturated/α-hetero) is 1. The number of nitrogens with zero attached hydrogens (tertiary/aromatic N) is 2. The minimum absolute atomic E-state index is 0.348. The fraction of sp³-hybridized carbons (Fsp3) is 0.421. The molecule has 1 N–H and O–H groups in total. The minimum atomic E-state index is -0.564. The van der Waals surface area contributed by atoms with Crippen molar-refractivity contribution in [1.82, 2.24) is 9.88 Å². The lowest BCUT2D eigenvalue weighted by Gasteiger charge is -2.36. The molecule has 25 heavy (non-hydrogen) atoms. The molecule has 1 aliphatic heterocycles. The van der Waals surface area contributed by atoms with Crippen molar-refractivity contribution in [3.63, 3.8) is 0 Å². The summed E-state index contributed by atoms with van der Waals surface area (Å²) in [6, 6.07) is 9.78. The normalized spacial score (nSPS) is 16.6. The molecule has 0 aliphatic carbocycles. The molecule has 130 valence electrons. The number of benzene rings is 1. The van der Waals surface area contributed by atoms with E-state index in [9.17, 15) is 14.9 Å². The van der Waals surface area contributed by atoms with E-state index in [2.05, 4.69) is 11.1 Å². The van der Waals surface area contributed by atoms with Gasteiger partial charge < -0.3 is 14.6 Å². The highest BCUT2D eigenvalue weighted by atomic mass is 16.5. The summed E-state index contributed by atoms with van der Waals surface area (Å²) in [6.07, 6.45) is 1.03. The first-order valence-corrected chi connectivity index (χ1v) is 8.32. The lowest BCUT2D eigenvalue weighted by Crippen LogP contribution is -2.46. The Morgan fingerprint density at radius 2 is 2.00 bits per heavy atom. The zero-order valence-corrected chi connectivity index (χ0v) is 14.5. The molecule has 3 rings (SSSR count). The van der Waals surface area contributed by atoms with Crippen molar-refractivity contribution in [2.75, 3.05) is 26.8 Å². The average molecular weight is 339 g/mol. The Labute approximate surface area is 146 Å². The van der Waals surface area contributed by atoms with E-state index in [-0.39, 0.29) is 0 Å². The maximum atomic E-state index is 12.8. The lowest BCUT2D eigenvalue weighted by atomic mass is 9.80. The number of carbonyl (C=O) groups is 2. The number of piperidine rings is 1. The van der Waals surface area contributed by atoms with Gasteiger partial charge in [0, 0.05) is 36.8 Å². The van der Waals surface area contributed by atoms with Crippen LogP contribution in [-0.2, 0) is 9.53 Å². The van der Waals surface area contributed by atoms with Gasteiger partial charge in [-0.2, -0.15) is 5.26 Å². The van der Waals surface area contributed by atoms with E-state index in [1.807, 2.05) is 24.3 Å². The van der Waals surface area contributed by atoms with Crippen LogP contribution in [-0.4, -0.2) is 48.4 Å². The highest BCUT2D eigenvalue weighted by Crippen LogP contribution is 2.31. The Morgan fingerprint density at radius 1 is 1.32 bits per heavy atom. The SMILES string of the molecule is COCC1(C#N)CCN(C(=O)C(=O)c2c(C)[nH]c3ccccc23)CC1. The number of aryl methyl sites for hydroxylation is 1. The summed E-state index contributed by atoms with van der Waals surface area (Å²) in [4.78, 5) is 30.2. The highest BCUT2D eigenvalue weighted by molar-refractivity contribution is 6.45. The van der Waals surface area contributed by atoms with Crippen LogP contribution < -0.4 is 0 Å². The van der Waals surface area contributed by atoms with Gasteiger partial charge in [0.2, 0.25) is 0 Å². The van der Waals surface area contributed by atoms with E-state index in [4.69, 9.17) is 4.74 Å². The van der Waals surface area contributed by atoms with E-state index in [0.717, 1.165) is 10.9 Å². The number of ketones is 1. The summed E-state index contributed by atoms with van der Waals surface area (Å²) in [5.74, 6) is -0.997. The van der Waals surface area contributed by atoms with Crippen molar-refractivity contribution < 1.29 is 14.3 Å².